The Morgan fingerprint density at radius 3 is 1.55 bits per heavy atom. The van der Waals surface area contributed by atoms with Crippen molar-refractivity contribution in [1.29, 1.82) is 0 Å². The minimum atomic E-state index is -2.38. The van der Waals surface area contributed by atoms with Gasteiger partial charge in [-0.2, -0.15) is 0 Å². The summed E-state index contributed by atoms with van der Waals surface area (Å²) in [6.45, 7) is 5.50. The first kappa shape index (κ1) is 40.3. The van der Waals surface area contributed by atoms with Crippen LogP contribution in [-0.4, -0.2) is 76.6 Å². The molecule has 3 N–H and O–H groups in total. The van der Waals surface area contributed by atoms with Crippen LogP contribution in [0, 0.1) is 13.8 Å². The summed E-state index contributed by atoms with van der Waals surface area (Å²) in [5.74, 6) is -11.3. The highest BCUT2D eigenvalue weighted by Crippen LogP contribution is 2.36. The molecule has 0 bridgehead atoms. The van der Waals surface area contributed by atoms with Gasteiger partial charge >= 0.3 is 41.8 Å². The number of benzene rings is 1. The molecular formula is C38H34O18. The molecule has 2 fully saturated rings. The molecule has 1 aromatic carbocycles. The van der Waals surface area contributed by atoms with E-state index < -0.39 is 83.2 Å². The maximum atomic E-state index is 12.8. The number of carbonyl (C=O) groups is 6. The molecule has 0 spiro atoms. The zero-order valence-electron chi connectivity index (χ0n) is 30.3. The van der Waals surface area contributed by atoms with Crippen LogP contribution in [0.3, 0.4) is 0 Å². The van der Waals surface area contributed by atoms with Gasteiger partial charge in [0, 0.05) is 32.1 Å². The second-order valence-corrected chi connectivity index (χ2v) is 12.4. The molecule has 0 aliphatic carbocycles. The van der Waals surface area contributed by atoms with Gasteiger partial charge in [0.1, 0.15) is 28.9 Å². The van der Waals surface area contributed by atoms with E-state index in [0.29, 0.717) is 22.3 Å². The summed E-state index contributed by atoms with van der Waals surface area (Å²) in [5, 5.41) is 30.2. The van der Waals surface area contributed by atoms with Crippen molar-refractivity contribution in [3.63, 3.8) is 0 Å². The normalized spacial score (nSPS) is 25.9. The number of methoxy groups -OCH3 is 1. The number of aliphatic hydroxyl groups is 3. The first-order chi connectivity index (χ1) is 26.4. The zero-order valence-corrected chi connectivity index (χ0v) is 30.3. The fourth-order valence-corrected chi connectivity index (χ4v) is 5.27. The molecule has 18 nitrogen and oxygen atoms in total. The number of hydrogen-bond acceptors (Lipinski definition) is 18. The van der Waals surface area contributed by atoms with Crippen molar-refractivity contribution in [3.8, 4) is 0 Å². The number of hydrogen-bond donors (Lipinski definition) is 3. The Labute approximate surface area is 317 Å². The summed E-state index contributed by atoms with van der Waals surface area (Å²) in [5.41, 5.74) is -0.0204. The lowest BCUT2D eigenvalue weighted by Gasteiger charge is -2.32. The lowest BCUT2D eigenvalue weighted by Crippen LogP contribution is -2.43. The fraction of sp³-hybridized carbons (Fsp3) is 0.263. The van der Waals surface area contributed by atoms with E-state index in [1.54, 1.807) is 13.8 Å². The third-order valence-corrected chi connectivity index (χ3v) is 7.89. The first-order valence-electron chi connectivity index (χ1n) is 16.4. The number of rotatable bonds is 10. The van der Waals surface area contributed by atoms with E-state index >= 15 is 0 Å². The third-order valence-electron chi connectivity index (χ3n) is 7.89. The van der Waals surface area contributed by atoms with Crippen molar-refractivity contribution in [1.82, 2.24) is 0 Å². The largest absolute Gasteiger partial charge is 0.480 e. The molecule has 2 saturated heterocycles. The molecule has 0 saturated carbocycles. The van der Waals surface area contributed by atoms with Crippen molar-refractivity contribution in [3.05, 3.63) is 129 Å². The van der Waals surface area contributed by atoms with Crippen molar-refractivity contribution < 1.29 is 86.7 Å². The van der Waals surface area contributed by atoms with Crippen LogP contribution in [0.1, 0.15) is 48.7 Å². The van der Waals surface area contributed by atoms with Gasteiger partial charge in [0.25, 0.3) is 30.3 Å². The number of allylic oxidation sites excluding steroid dienone is 8. The van der Waals surface area contributed by atoms with Gasteiger partial charge in [-0.25, -0.2) is 28.8 Å². The second-order valence-electron chi connectivity index (χ2n) is 12.4. The Hall–Kier alpha value is -6.92. The molecule has 294 valence electrons. The quantitative estimate of drug-likeness (QED) is 0.101. The summed E-state index contributed by atoms with van der Waals surface area (Å²) in [6, 6.07) is 3.07. The fourth-order valence-electron chi connectivity index (χ4n) is 5.27. The molecule has 1 aromatic rings. The van der Waals surface area contributed by atoms with E-state index in [-0.39, 0.29) is 17.8 Å². The summed E-state index contributed by atoms with van der Waals surface area (Å²) in [4.78, 5) is 74.4. The Kier molecular flexibility index (Phi) is 11.7. The van der Waals surface area contributed by atoms with Crippen LogP contribution in [0.5, 0.6) is 0 Å². The summed E-state index contributed by atoms with van der Waals surface area (Å²) in [7, 11) is 1.37. The Morgan fingerprint density at radius 1 is 0.607 bits per heavy atom. The van der Waals surface area contributed by atoms with Gasteiger partial charge in [0.05, 0.1) is 0 Å². The molecule has 4 heterocycles. The van der Waals surface area contributed by atoms with Gasteiger partial charge in [0.15, 0.2) is 0 Å². The van der Waals surface area contributed by atoms with Gasteiger partial charge in [-0.1, -0.05) is 36.5 Å². The van der Waals surface area contributed by atoms with Crippen LogP contribution in [0.15, 0.2) is 107 Å². The molecule has 5 rings (SSSR count). The molecule has 18 heteroatoms. The standard InChI is InChI=1S/C38H34O18/c1-19-17-26(36-51-29(41)22(30(42)52-36)13-9-7-11-15-24-33(45)55-38(4,47)56-34(24)46)20(2)16-25(19)35-49-27(39)21(28(40)50-35)12-8-6-10-14-23-31(43)53-37(3,18-48-5)54-32(23)44/h6-17,35-36,41,43,47H,18H2,1-5H3/b8-6+,11-7+,13-9+,14-10+,21-12?,24-15?. The van der Waals surface area contributed by atoms with Crippen LogP contribution in [0.4, 0.5) is 0 Å². The highest BCUT2D eigenvalue weighted by Gasteiger charge is 2.42. The molecule has 4 aliphatic rings. The van der Waals surface area contributed by atoms with Gasteiger partial charge in [0.2, 0.25) is 0 Å². The monoisotopic (exact) mass is 778 g/mol. The predicted octanol–water partition coefficient (Wildman–Crippen LogP) is 3.29. The van der Waals surface area contributed by atoms with E-state index in [1.165, 1.54) is 68.7 Å². The number of ether oxygens (including phenoxy) is 9. The molecule has 2 unspecified atom stereocenters. The van der Waals surface area contributed by atoms with Crippen molar-refractivity contribution >= 4 is 35.8 Å². The second kappa shape index (κ2) is 16.2. The maximum absolute atomic E-state index is 12.8. The molecular weight excluding hydrogens is 744 g/mol. The van der Waals surface area contributed by atoms with E-state index in [9.17, 15) is 44.1 Å². The first-order valence-corrected chi connectivity index (χ1v) is 16.4. The van der Waals surface area contributed by atoms with Crippen LogP contribution in [-0.2, 0) is 71.4 Å². The Morgan fingerprint density at radius 2 is 1.07 bits per heavy atom. The van der Waals surface area contributed by atoms with Gasteiger partial charge in [-0.3, -0.25) is 0 Å². The lowest BCUT2D eigenvalue weighted by molar-refractivity contribution is -0.318. The van der Waals surface area contributed by atoms with Crippen LogP contribution >= 0.6 is 0 Å². The van der Waals surface area contributed by atoms with Crippen molar-refractivity contribution in [2.45, 2.75) is 52.0 Å². The average Bonchev–Trinajstić information content (AvgIpc) is 3.08. The van der Waals surface area contributed by atoms with E-state index in [2.05, 4.69) is 9.47 Å². The molecule has 0 radical (unpaired) electrons. The topological polar surface area (TPSA) is 246 Å². The molecule has 0 aromatic heterocycles. The van der Waals surface area contributed by atoms with E-state index in [4.69, 9.17) is 33.2 Å². The molecule has 0 amide bonds. The smallest absolute Gasteiger partial charge is 0.370 e. The minimum Gasteiger partial charge on any atom is -0.480 e. The lowest BCUT2D eigenvalue weighted by atomic mass is 9.98. The molecule has 4 aliphatic heterocycles. The van der Waals surface area contributed by atoms with Crippen LogP contribution in [0.2, 0.25) is 0 Å². The number of cyclic esters (lactones) is 6. The minimum absolute atomic E-state index is 0.122. The number of aliphatic hydroxyl groups excluding tert-OH is 2. The Bertz CT molecular complexity index is 2080. The summed E-state index contributed by atoms with van der Waals surface area (Å²) in [6.07, 6.45) is 9.56. The average molecular weight is 779 g/mol. The maximum Gasteiger partial charge on any atom is 0.370 e. The van der Waals surface area contributed by atoms with E-state index in [1.807, 2.05) is 0 Å². The Balaban J connectivity index is 1.20. The number of aryl methyl sites for hydroxylation is 2. The van der Waals surface area contributed by atoms with Crippen LogP contribution < -0.4 is 0 Å². The van der Waals surface area contributed by atoms with Crippen molar-refractivity contribution in [2.75, 3.05) is 13.7 Å². The van der Waals surface area contributed by atoms with E-state index in [0.717, 1.165) is 25.2 Å². The molecule has 56 heavy (non-hydrogen) atoms. The zero-order chi connectivity index (χ0) is 40.9. The highest BCUT2D eigenvalue weighted by molar-refractivity contribution is 6.16. The SMILES string of the molecule is COCC1(C)OC(=O)C(/C=C/C=C/C=C2C(=O)OC(c3cc(C)c(C4OC(=O)C(/C=C/C=C/C=C5C(=O)OC(C)(O)OC5=O)=C(O)O4)cc3C)OC2=O)=C(O)O1. The summed E-state index contributed by atoms with van der Waals surface area (Å²) >= 11 is 0. The van der Waals surface area contributed by atoms with Crippen LogP contribution in [0.25, 0.3) is 0 Å². The van der Waals surface area contributed by atoms with Gasteiger partial charge < -0.3 is 58.0 Å². The highest BCUT2D eigenvalue weighted by atomic mass is 16.8. The third kappa shape index (κ3) is 9.05. The van der Waals surface area contributed by atoms with Gasteiger partial charge in [-0.05, 0) is 61.4 Å². The number of esters is 6. The van der Waals surface area contributed by atoms with Gasteiger partial charge in [-0.15, -0.1) is 0 Å². The molecule has 2 atom stereocenters. The summed E-state index contributed by atoms with van der Waals surface area (Å²) < 4.78 is 46.0. The van der Waals surface area contributed by atoms with Crippen molar-refractivity contribution in [2.24, 2.45) is 0 Å². The predicted molar refractivity (Wildman–Crippen MR) is 183 cm³/mol. The number of carbonyl (C=O) groups excluding carboxylic acids is 6.